The third kappa shape index (κ3) is 6.62. The van der Waals surface area contributed by atoms with E-state index in [1.165, 1.54) is 6.42 Å². The predicted octanol–water partition coefficient (Wildman–Crippen LogP) is 3.43. The van der Waals surface area contributed by atoms with E-state index < -0.39 is 24.5 Å². The van der Waals surface area contributed by atoms with Gasteiger partial charge in [0.2, 0.25) is 0 Å². The first-order valence-corrected chi connectivity index (χ1v) is 10.1. The maximum Gasteiger partial charge on any atom is 0.344 e. The van der Waals surface area contributed by atoms with Crippen molar-refractivity contribution in [2.24, 2.45) is 0 Å². The summed E-state index contributed by atoms with van der Waals surface area (Å²) >= 11 is 0. The van der Waals surface area contributed by atoms with Crippen LogP contribution in [0.2, 0.25) is 0 Å². The van der Waals surface area contributed by atoms with Crippen molar-refractivity contribution < 1.29 is 23.9 Å². The van der Waals surface area contributed by atoms with E-state index in [0.717, 1.165) is 36.8 Å². The molecule has 0 aliphatic heterocycles. The molecular formula is C23H26N2O5. The molecule has 7 nitrogen and oxygen atoms in total. The van der Waals surface area contributed by atoms with E-state index in [9.17, 15) is 14.4 Å². The van der Waals surface area contributed by atoms with Crippen LogP contribution in [0.3, 0.4) is 0 Å². The Bertz CT molecular complexity index is 863. The zero-order valence-electron chi connectivity index (χ0n) is 16.8. The van der Waals surface area contributed by atoms with Gasteiger partial charge >= 0.3 is 12.0 Å². The van der Waals surface area contributed by atoms with Crippen molar-refractivity contribution in [1.29, 1.82) is 0 Å². The van der Waals surface area contributed by atoms with Gasteiger partial charge in [-0.15, -0.1) is 0 Å². The number of para-hydroxylation sites is 1. The second-order valence-corrected chi connectivity index (χ2v) is 7.17. The molecule has 3 rings (SSSR count). The van der Waals surface area contributed by atoms with Crippen molar-refractivity contribution in [3.8, 4) is 16.9 Å². The van der Waals surface area contributed by atoms with E-state index in [1.54, 1.807) is 6.07 Å². The SMILES string of the molecule is O=C(COC(=O)COc1ccccc1-c1ccccc1)NC(=O)NC1CCCCC1. The summed E-state index contributed by atoms with van der Waals surface area (Å²) < 4.78 is 10.5. The van der Waals surface area contributed by atoms with Gasteiger partial charge in [-0.3, -0.25) is 10.1 Å². The molecular weight excluding hydrogens is 384 g/mol. The smallest absolute Gasteiger partial charge is 0.344 e. The fraction of sp³-hybridized carbons (Fsp3) is 0.348. The standard InChI is InChI=1S/C23H26N2O5/c26-21(25-23(28)24-18-11-5-2-6-12-18)15-30-22(27)16-29-20-14-8-7-13-19(20)17-9-3-1-4-10-17/h1,3-4,7-10,13-14,18H,2,5-6,11-12,15-16H2,(H2,24,25,26,28). The molecule has 0 atom stereocenters. The van der Waals surface area contributed by atoms with Crippen LogP contribution in [0.5, 0.6) is 5.75 Å². The van der Waals surface area contributed by atoms with Crippen LogP contribution < -0.4 is 15.4 Å². The van der Waals surface area contributed by atoms with Gasteiger partial charge in [-0.25, -0.2) is 9.59 Å². The largest absolute Gasteiger partial charge is 0.481 e. The van der Waals surface area contributed by atoms with Crippen molar-refractivity contribution in [3.05, 3.63) is 54.6 Å². The minimum Gasteiger partial charge on any atom is -0.481 e. The number of hydrogen-bond acceptors (Lipinski definition) is 5. The van der Waals surface area contributed by atoms with Crippen molar-refractivity contribution in [2.45, 2.75) is 38.1 Å². The number of benzene rings is 2. The van der Waals surface area contributed by atoms with Crippen molar-refractivity contribution in [3.63, 3.8) is 0 Å². The van der Waals surface area contributed by atoms with E-state index in [2.05, 4.69) is 10.6 Å². The van der Waals surface area contributed by atoms with Gasteiger partial charge in [0.15, 0.2) is 13.2 Å². The molecule has 1 aliphatic rings. The number of hydrogen-bond donors (Lipinski definition) is 2. The molecule has 30 heavy (non-hydrogen) atoms. The quantitative estimate of drug-likeness (QED) is 0.682. The lowest BCUT2D eigenvalue weighted by Gasteiger charge is -2.22. The first-order valence-electron chi connectivity index (χ1n) is 10.1. The number of rotatable bonds is 7. The van der Waals surface area contributed by atoms with Gasteiger partial charge in [-0.05, 0) is 24.5 Å². The molecule has 3 amide bonds. The average molecular weight is 410 g/mol. The number of imide groups is 1. The number of nitrogens with one attached hydrogen (secondary N) is 2. The summed E-state index contributed by atoms with van der Waals surface area (Å²) in [6, 6.07) is 16.5. The third-order valence-corrected chi connectivity index (χ3v) is 4.87. The lowest BCUT2D eigenvalue weighted by molar-refractivity contribution is -0.150. The Labute approximate surface area is 175 Å². The second kappa shape index (κ2) is 11.0. The molecule has 0 unspecified atom stereocenters. The van der Waals surface area contributed by atoms with Crippen molar-refractivity contribution in [2.75, 3.05) is 13.2 Å². The maximum atomic E-state index is 11.9. The summed E-state index contributed by atoms with van der Waals surface area (Å²) in [5, 5.41) is 4.95. The Hall–Kier alpha value is -3.35. The molecule has 0 bridgehead atoms. The first-order chi connectivity index (χ1) is 14.6. The number of amides is 3. The van der Waals surface area contributed by atoms with E-state index in [0.29, 0.717) is 5.75 Å². The molecule has 1 aliphatic carbocycles. The zero-order valence-corrected chi connectivity index (χ0v) is 16.8. The summed E-state index contributed by atoms with van der Waals surface area (Å²) in [4.78, 5) is 35.6. The van der Waals surface area contributed by atoms with Gasteiger partial charge in [0, 0.05) is 11.6 Å². The van der Waals surface area contributed by atoms with Crippen LogP contribution in [0.1, 0.15) is 32.1 Å². The van der Waals surface area contributed by atoms with Crippen molar-refractivity contribution >= 4 is 17.9 Å². The van der Waals surface area contributed by atoms with E-state index in [1.807, 2.05) is 48.5 Å². The van der Waals surface area contributed by atoms with E-state index in [-0.39, 0.29) is 12.6 Å². The highest BCUT2D eigenvalue weighted by Crippen LogP contribution is 2.29. The molecule has 2 aromatic carbocycles. The normalized spacial score (nSPS) is 13.9. The lowest BCUT2D eigenvalue weighted by atomic mass is 9.96. The highest BCUT2D eigenvalue weighted by Gasteiger charge is 2.17. The first kappa shape index (κ1) is 21.4. The highest BCUT2D eigenvalue weighted by atomic mass is 16.6. The molecule has 7 heteroatoms. The molecule has 0 radical (unpaired) electrons. The van der Waals surface area contributed by atoms with Gasteiger partial charge in [0.25, 0.3) is 5.91 Å². The summed E-state index contributed by atoms with van der Waals surface area (Å²) in [5.41, 5.74) is 1.81. The minimum atomic E-state index is -0.694. The Balaban J connectivity index is 1.41. The fourth-order valence-electron chi connectivity index (χ4n) is 3.40. The summed E-state index contributed by atoms with van der Waals surface area (Å²) in [6.07, 6.45) is 5.15. The van der Waals surface area contributed by atoms with Crippen LogP contribution in [0.15, 0.2) is 54.6 Å². The Morgan fingerprint density at radius 2 is 1.57 bits per heavy atom. The molecule has 158 valence electrons. The number of carbonyl (C=O) groups is 3. The van der Waals surface area contributed by atoms with Crippen LogP contribution in [0.25, 0.3) is 11.1 Å². The monoisotopic (exact) mass is 410 g/mol. The fourth-order valence-corrected chi connectivity index (χ4v) is 3.40. The molecule has 0 spiro atoms. The highest BCUT2D eigenvalue weighted by molar-refractivity contribution is 5.95. The van der Waals surface area contributed by atoms with Crippen LogP contribution in [-0.4, -0.2) is 37.2 Å². The Morgan fingerprint density at radius 3 is 2.33 bits per heavy atom. The average Bonchev–Trinajstić information content (AvgIpc) is 2.77. The third-order valence-electron chi connectivity index (χ3n) is 4.87. The van der Waals surface area contributed by atoms with Gasteiger partial charge in [-0.1, -0.05) is 67.8 Å². The predicted molar refractivity (Wildman–Crippen MR) is 112 cm³/mol. The minimum absolute atomic E-state index is 0.0900. The van der Waals surface area contributed by atoms with Gasteiger partial charge < -0.3 is 14.8 Å². The second-order valence-electron chi connectivity index (χ2n) is 7.17. The van der Waals surface area contributed by atoms with E-state index >= 15 is 0 Å². The van der Waals surface area contributed by atoms with Crippen LogP contribution in [0.4, 0.5) is 4.79 Å². The van der Waals surface area contributed by atoms with Gasteiger partial charge in [-0.2, -0.15) is 0 Å². The molecule has 2 aromatic rings. The number of esters is 1. The zero-order chi connectivity index (χ0) is 21.2. The van der Waals surface area contributed by atoms with E-state index in [4.69, 9.17) is 9.47 Å². The molecule has 1 saturated carbocycles. The maximum absolute atomic E-state index is 11.9. The van der Waals surface area contributed by atoms with Crippen LogP contribution in [0, 0.1) is 0 Å². The number of urea groups is 1. The van der Waals surface area contributed by atoms with Crippen LogP contribution in [-0.2, 0) is 14.3 Å². The molecule has 0 aromatic heterocycles. The Morgan fingerprint density at radius 1 is 0.867 bits per heavy atom. The summed E-state index contributed by atoms with van der Waals surface area (Å²) in [5.74, 6) is -0.834. The number of ether oxygens (including phenoxy) is 2. The summed E-state index contributed by atoms with van der Waals surface area (Å²) in [7, 11) is 0. The number of carbonyl (C=O) groups excluding carboxylic acids is 3. The molecule has 1 fully saturated rings. The van der Waals surface area contributed by atoms with Gasteiger partial charge in [0.1, 0.15) is 5.75 Å². The lowest BCUT2D eigenvalue weighted by Crippen LogP contribution is -2.46. The topological polar surface area (TPSA) is 93.7 Å². The van der Waals surface area contributed by atoms with Gasteiger partial charge in [0.05, 0.1) is 0 Å². The van der Waals surface area contributed by atoms with Crippen LogP contribution >= 0.6 is 0 Å². The van der Waals surface area contributed by atoms with Crippen molar-refractivity contribution in [1.82, 2.24) is 10.6 Å². The molecule has 2 N–H and O–H groups in total. The summed E-state index contributed by atoms with van der Waals surface area (Å²) in [6.45, 7) is -0.883. The molecule has 0 heterocycles. The Kier molecular flexibility index (Phi) is 7.83. The molecule has 0 saturated heterocycles.